The Bertz CT molecular complexity index is 1550. The van der Waals surface area contributed by atoms with Crippen LogP contribution in [-0.4, -0.2) is 41.4 Å². The molecule has 1 aliphatic rings. The Kier molecular flexibility index (Phi) is 5.65. The number of aryl methyl sites for hydroxylation is 2. The fourth-order valence-corrected chi connectivity index (χ4v) is 4.45. The van der Waals surface area contributed by atoms with Crippen LogP contribution in [0.15, 0.2) is 61.1 Å². The number of aromatic nitrogens is 6. The number of benzene rings is 1. The fraction of sp³-hybridized carbons (Fsp3) is 0.250. The van der Waals surface area contributed by atoms with Crippen molar-refractivity contribution < 1.29 is 5.11 Å². The molecule has 180 valence electrons. The normalized spacial score (nSPS) is 13.3. The molecular formula is C28H27N7O. The van der Waals surface area contributed by atoms with Crippen molar-refractivity contribution in [2.45, 2.75) is 39.0 Å². The average Bonchev–Trinajstić information content (AvgIpc) is 3.66. The lowest BCUT2D eigenvalue weighted by Crippen LogP contribution is -2.04. The molecule has 0 saturated heterocycles. The molecule has 1 saturated carbocycles. The number of hydrogen-bond acceptors (Lipinski definition) is 7. The Hall–Kier alpha value is -4.17. The smallest absolute Gasteiger partial charge is 0.153 e. The fourth-order valence-electron chi connectivity index (χ4n) is 4.45. The lowest BCUT2D eigenvalue weighted by atomic mass is 9.99. The van der Waals surface area contributed by atoms with E-state index < -0.39 is 0 Å². The second kappa shape index (κ2) is 9.13. The van der Waals surface area contributed by atoms with Crippen molar-refractivity contribution in [1.29, 1.82) is 0 Å². The van der Waals surface area contributed by atoms with Crippen molar-refractivity contribution in [1.82, 2.24) is 29.7 Å². The molecule has 0 amide bonds. The van der Waals surface area contributed by atoms with Crippen molar-refractivity contribution in [3.63, 3.8) is 0 Å². The standard InChI is InChI=1S/C28H27N7O/c1-17-15-29-23(19-4-5-19)14-22(17)28-20(11-12-36)6-10-27(32-28)35-16-30-24-13-21(7-8-25(24)35)31-26-9-3-18(2)33-34-26/h3,6-10,13-16,19,36H,4-5,11-12H2,1-2H3,(H,31,34). The van der Waals surface area contributed by atoms with Crippen molar-refractivity contribution in [2.75, 3.05) is 11.9 Å². The number of pyridine rings is 2. The van der Waals surface area contributed by atoms with Crippen molar-refractivity contribution in [3.8, 4) is 17.1 Å². The zero-order valence-corrected chi connectivity index (χ0v) is 20.3. The van der Waals surface area contributed by atoms with Crippen molar-refractivity contribution in [3.05, 3.63) is 83.6 Å². The number of rotatable bonds is 7. The van der Waals surface area contributed by atoms with Gasteiger partial charge in [0.1, 0.15) is 12.1 Å². The van der Waals surface area contributed by atoms with Gasteiger partial charge in [-0.05, 0) is 86.7 Å². The van der Waals surface area contributed by atoms with E-state index in [1.807, 2.05) is 54.1 Å². The zero-order valence-electron chi connectivity index (χ0n) is 20.3. The molecule has 0 radical (unpaired) electrons. The average molecular weight is 478 g/mol. The quantitative estimate of drug-likeness (QED) is 0.338. The lowest BCUT2D eigenvalue weighted by molar-refractivity contribution is 0.299. The molecular weight excluding hydrogens is 450 g/mol. The summed E-state index contributed by atoms with van der Waals surface area (Å²) in [6.45, 7) is 4.05. The van der Waals surface area contributed by atoms with E-state index in [0.29, 0.717) is 18.2 Å². The number of aliphatic hydroxyl groups is 1. The molecule has 4 heterocycles. The van der Waals surface area contributed by atoms with E-state index in [1.54, 1.807) is 6.33 Å². The highest BCUT2D eigenvalue weighted by Crippen LogP contribution is 2.40. The summed E-state index contributed by atoms with van der Waals surface area (Å²) in [4.78, 5) is 14.4. The largest absolute Gasteiger partial charge is 0.396 e. The van der Waals surface area contributed by atoms with E-state index >= 15 is 0 Å². The van der Waals surface area contributed by atoms with Gasteiger partial charge >= 0.3 is 0 Å². The van der Waals surface area contributed by atoms with E-state index in [2.05, 4.69) is 44.5 Å². The Labute approximate surface area is 209 Å². The molecule has 1 fully saturated rings. The van der Waals surface area contributed by atoms with Crippen LogP contribution in [0.4, 0.5) is 11.5 Å². The summed E-state index contributed by atoms with van der Waals surface area (Å²) in [7, 11) is 0. The van der Waals surface area contributed by atoms with E-state index in [4.69, 9.17) is 4.98 Å². The molecule has 8 heteroatoms. The second-order valence-electron chi connectivity index (χ2n) is 9.35. The minimum atomic E-state index is 0.0722. The maximum atomic E-state index is 9.68. The van der Waals surface area contributed by atoms with Crippen LogP contribution in [0.5, 0.6) is 0 Å². The molecule has 2 N–H and O–H groups in total. The van der Waals surface area contributed by atoms with Crippen LogP contribution in [0.1, 0.15) is 41.3 Å². The number of anilines is 2. The summed E-state index contributed by atoms with van der Waals surface area (Å²) < 4.78 is 2.00. The van der Waals surface area contributed by atoms with Gasteiger partial charge in [-0.2, -0.15) is 5.10 Å². The Morgan fingerprint density at radius 3 is 2.67 bits per heavy atom. The van der Waals surface area contributed by atoms with Crippen molar-refractivity contribution in [2.24, 2.45) is 0 Å². The van der Waals surface area contributed by atoms with Gasteiger partial charge in [0, 0.05) is 35.7 Å². The van der Waals surface area contributed by atoms with Gasteiger partial charge in [0.25, 0.3) is 0 Å². The van der Waals surface area contributed by atoms with Crippen LogP contribution in [0, 0.1) is 13.8 Å². The van der Waals surface area contributed by atoms with Crippen LogP contribution in [0.3, 0.4) is 0 Å². The summed E-state index contributed by atoms with van der Waals surface area (Å²) in [5, 5.41) is 21.2. The Morgan fingerprint density at radius 1 is 1.00 bits per heavy atom. The predicted molar refractivity (Wildman–Crippen MR) is 140 cm³/mol. The minimum absolute atomic E-state index is 0.0722. The Balaban J connectivity index is 1.38. The first-order valence-corrected chi connectivity index (χ1v) is 12.2. The minimum Gasteiger partial charge on any atom is -0.396 e. The third-order valence-corrected chi connectivity index (χ3v) is 6.58. The number of nitrogens with one attached hydrogen (secondary N) is 1. The van der Waals surface area contributed by atoms with Crippen LogP contribution in [-0.2, 0) is 6.42 Å². The van der Waals surface area contributed by atoms with E-state index in [-0.39, 0.29) is 6.61 Å². The molecule has 5 aromatic rings. The molecule has 0 aliphatic heterocycles. The molecule has 8 nitrogen and oxygen atoms in total. The van der Waals surface area contributed by atoms with Crippen molar-refractivity contribution >= 4 is 22.5 Å². The van der Waals surface area contributed by atoms with Crippen LogP contribution < -0.4 is 5.32 Å². The van der Waals surface area contributed by atoms with Gasteiger partial charge in [-0.15, -0.1) is 5.10 Å². The summed E-state index contributed by atoms with van der Waals surface area (Å²) in [6, 6.07) is 16.1. The third kappa shape index (κ3) is 4.31. The monoisotopic (exact) mass is 477 g/mol. The van der Waals surface area contributed by atoms with Gasteiger partial charge < -0.3 is 10.4 Å². The zero-order chi connectivity index (χ0) is 24.6. The number of aliphatic hydroxyl groups excluding tert-OH is 1. The second-order valence-corrected chi connectivity index (χ2v) is 9.35. The van der Waals surface area contributed by atoms with Gasteiger partial charge in [0.15, 0.2) is 5.82 Å². The van der Waals surface area contributed by atoms with Crippen LogP contribution in [0.2, 0.25) is 0 Å². The molecule has 0 spiro atoms. The molecule has 4 aromatic heterocycles. The maximum absolute atomic E-state index is 9.68. The highest BCUT2D eigenvalue weighted by atomic mass is 16.2. The first-order valence-electron chi connectivity index (χ1n) is 12.2. The van der Waals surface area contributed by atoms with Crippen LogP contribution >= 0.6 is 0 Å². The number of hydrogen-bond donors (Lipinski definition) is 2. The molecule has 6 rings (SSSR count). The summed E-state index contributed by atoms with van der Waals surface area (Å²) in [5.74, 6) is 2.02. The first kappa shape index (κ1) is 22.3. The summed E-state index contributed by atoms with van der Waals surface area (Å²) in [6.07, 6.45) is 6.68. The SMILES string of the molecule is Cc1ccc(Nc2ccc3c(c2)ncn3-c2ccc(CCO)c(-c3cc(C4CC4)ncc3C)n2)nn1. The van der Waals surface area contributed by atoms with E-state index in [1.165, 1.54) is 12.8 Å². The van der Waals surface area contributed by atoms with Gasteiger partial charge in [-0.3, -0.25) is 9.55 Å². The molecule has 0 atom stereocenters. The van der Waals surface area contributed by atoms with Gasteiger partial charge in [0.05, 0.1) is 22.4 Å². The molecule has 36 heavy (non-hydrogen) atoms. The third-order valence-electron chi connectivity index (χ3n) is 6.58. The predicted octanol–water partition coefficient (Wildman–Crippen LogP) is 5.05. The number of imidazole rings is 1. The Morgan fingerprint density at radius 2 is 1.89 bits per heavy atom. The van der Waals surface area contributed by atoms with Crippen LogP contribution in [0.25, 0.3) is 28.1 Å². The molecule has 1 aliphatic carbocycles. The highest BCUT2D eigenvalue weighted by Gasteiger charge is 2.26. The number of nitrogens with zero attached hydrogens (tertiary/aromatic N) is 6. The topological polar surface area (TPSA) is 102 Å². The van der Waals surface area contributed by atoms with Gasteiger partial charge in [-0.25, -0.2) is 9.97 Å². The lowest BCUT2D eigenvalue weighted by Gasteiger charge is -2.14. The molecule has 0 unspecified atom stereocenters. The maximum Gasteiger partial charge on any atom is 0.153 e. The van der Waals surface area contributed by atoms with Gasteiger partial charge in [-0.1, -0.05) is 6.07 Å². The van der Waals surface area contributed by atoms with E-state index in [9.17, 15) is 5.11 Å². The summed E-state index contributed by atoms with van der Waals surface area (Å²) >= 11 is 0. The number of fused-ring (bicyclic) bond motifs is 1. The molecule has 0 bridgehead atoms. The first-order chi connectivity index (χ1) is 17.6. The van der Waals surface area contributed by atoms with E-state index in [0.717, 1.165) is 56.3 Å². The van der Waals surface area contributed by atoms with Gasteiger partial charge in [0.2, 0.25) is 0 Å². The highest BCUT2D eigenvalue weighted by molar-refractivity contribution is 5.82. The molecule has 1 aromatic carbocycles. The summed E-state index contributed by atoms with van der Waals surface area (Å²) in [5.41, 5.74) is 8.75.